The van der Waals surface area contributed by atoms with Gasteiger partial charge < -0.3 is 9.47 Å². The number of aromatic nitrogens is 2. The number of nitrogens with two attached hydrogens (primary N) is 1. The van der Waals surface area contributed by atoms with Gasteiger partial charge in [0.1, 0.15) is 23.2 Å². The van der Waals surface area contributed by atoms with Crippen molar-refractivity contribution in [2.75, 3.05) is 0 Å². The number of H-pyrrole nitrogens is 1. The molecule has 5 N–H and O–H groups in total. The first-order chi connectivity index (χ1) is 13.8. The number of carbonyl (C=O) groups excluding carboxylic acids is 2. The van der Waals surface area contributed by atoms with Gasteiger partial charge in [-0.05, 0) is 37.8 Å². The molecule has 10 heteroatoms. The first kappa shape index (κ1) is 20.3. The van der Waals surface area contributed by atoms with Crippen molar-refractivity contribution in [3.63, 3.8) is 0 Å². The molecule has 2 aliphatic rings. The van der Waals surface area contributed by atoms with E-state index in [9.17, 15) is 9.59 Å². The van der Waals surface area contributed by atoms with Crippen molar-refractivity contribution in [3.8, 4) is 5.75 Å². The van der Waals surface area contributed by atoms with Gasteiger partial charge in [0, 0.05) is 24.1 Å². The zero-order valence-electron chi connectivity index (χ0n) is 16.1. The fraction of sp³-hybridized carbons (Fsp3) is 0.368. The molecule has 1 fully saturated rings. The number of ether oxygens (including phenoxy) is 2. The number of benzene rings is 1. The van der Waals surface area contributed by atoms with Crippen molar-refractivity contribution in [1.82, 2.24) is 10.2 Å². The molecule has 3 atom stereocenters. The number of amidine groups is 1. The Labute approximate surface area is 166 Å². The van der Waals surface area contributed by atoms with Crippen LogP contribution in [-0.4, -0.2) is 34.2 Å². The van der Waals surface area contributed by atoms with Crippen LogP contribution < -0.4 is 10.5 Å². The van der Waals surface area contributed by atoms with E-state index in [1.165, 1.54) is 38.1 Å². The van der Waals surface area contributed by atoms with Crippen molar-refractivity contribution >= 4 is 17.8 Å². The maximum Gasteiger partial charge on any atom is 0.343 e. The lowest BCUT2D eigenvalue weighted by Gasteiger charge is -2.10. The van der Waals surface area contributed by atoms with Crippen LogP contribution in [0, 0.1) is 16.9 Å². The SMILES string of the molecule is CC(=O)Oc1ccccc1C(=O)OC(C)N.N=NC(=N)c1n[nH]c2c1C[C@H]1C[C@@H]21. The highest BCUT2D eigenvalue weighted by Crippen LogP contribution is 2.56. The summed E-state index contributed by atoms with van der Waals surface area (Å²) in [7, 11) is 0. The van der Waals surface area contributed by atoms with Crippen molar-refractivity contribution in [1.29, 1.82) is 10.9 Å². The fourth-order valence-electron chi connectivity index (χ4n) is 3.34. The highest BCUT2D eigenvalue weighted by atomic mass is 16.6. The van der Waals surface area contributed by atoms with E-state index in [2.05, 4.69) is 15.3 Å². The molecule has 0 amide bonds. The summed E-state index contributed by atoms with van der Waals surface area (Å²) in [5, 5.41) is 17.5. The zero-order chi connectivity index (χ0) is 21.1. The number of nitrogens with one attached hydrogen (secondary N) is 3. The Bertz CT molecular complexity index is 967. The van der Waals surface area contributed by atoms with Gasteiger partial charge in [0.2, 0.25) is 0 Å². The number of esters is 2. The summed E-state index contributed by atoms with van der Waals surface area (Å²) in [6, 6.07) is 6.31. The number of nitrogens with zero attached hydrogens (tertiary/aromatic N) is 2. The minimum atomic E-state index is -0.710. The number of hydrogen-bond donors (Lipinski definition) is 4. The summed E-state index contributed by atoms with van der Waals surface area (Å²) in [5.41, 5.74) is 15.2. The van der Waals surface area contributed by atoms with Gasteiger partial charge in [0.05, 0.1) is 0 Å². The topological polar surface area (TPSA) is 167 Å². The molecule has 4 rings (SSSR count). The minimum Gasteiger partial charge on any atom is -0.443 e. The molecule has 0 aliphatic heterocycles. The fourth-order valence-corrected chi connectivity index (χ4v) is 3.34. The Morgan fingerprint density at radius 2 is 2.10 bits per heavy atom. The minimum absolute atomic E-state index is 0.0289. The molecule has 2 aliphatic carbocycles. The van der Waals surface area contributed by atoms with Crippen LogP contribution in [0.25, 0.3) is 0 Å². The average molecular weight is 398 g/mol. The van der Waals surface area contributed by atoms with Crippen LogP contribution >= 0.6 is 0 Å². The van der Waals surface area contributed by atoms with Crippen molar-refractivity contribution in [3.05, 3.63) is 46.8 Å². The number of para-hydroxylation sites is 1. The maximum atomic E-state index is 11.6. The second kappa shape index (κ2) is 8.31. The second-order valence-electron chi connectivity index (χ2n) is 6.93. The summed E-state index contributed by atoms with van der Waals surface area (Å²) in [6.45, 7) is 2.79. The van der Waals surface area contributed by atoms with E-state index in [-0.39, 0.29) is 17.1 Å². The van der Waals surface area contributed by atoms with Gasteiger partial charge in [-0.2, -0.15) is 5.10 Å². The molecular weight excluding hydrogens is 376 g/mol. The van der Waals surface area contributed by atoms with E-state index in [0.717, 1.165) is 17.9 Å². The summed E-state index contributed by atoms with van der Waals surface area (Å²) >= 11 is 0. The maximum absolute atomic E-state index is 11.6. The molecule has 1 unspecified atom stereocenters. The molecule has 1 saturated carbocycles. The predicted molar refractivity (Wildman–Crippen MR) is 102 cm³/mol. The molecule has 2 aromatic rings. The summed E-state index contributed by atoms with van der Waals surface area (Å²) < 4.78 is 9.67. The van der Waals surface area contributed by atoms with Crippen LogP contribution in [0.2, 0.25) is 0 Å². The highest BCUT2D eigenvalue weighted by Gasteiger charge is 2.48. The van der Waals surface area contributed by atoms with E-state index in [4.69, 9.17) is 26.1 Å². The first-order valence-corrected chi connectivity index (χ1v) is 9.09. The molecule has 1 aromatic carbocycles. The quantitative estimate of drug-likeness (QED) is 0.154. The van der Waals surface area contributed by atoms with Crippen molar-refractivity contribution in [2.45, 2.75) is 38.8 Å². The third-order valence-electron chi connectivity index (χ3n) is 4.65. The third kappa shape index (κ3) is 4.54. The molecular formula is C19H22N6O4. The van der Waals surface area contributed by atoms with E-state index >= 15 is 0 Å². The lowest BCUT2D eigenvalue weighted by atomic mass is 10.1. The lowest BCUT2D eigenvalue weighted by Crippen LogP contribution is -2.23. The largest absolute Gasteiger partial charge is 0.443 e. The van der Waals surface area contributed by atoms with Crippen LogP contribution in [0.3, 0.4) is 0 Å². The zero-order valence-corrected chi connectivity index (χ0v) is 16.1. The molecule has 0 saturated heterocycles. The Kier molecular flexibility index (Phi) is 5.83. The monoisotopic (exact) mass is 398 g/mol. The van der Waals surface area contributed by atoms with E-state index < -0.39 is 18.2 Å². The van der Waals surface area contributed by atoms with Crippen LogP contribution in [-0.2, 0) is 16.0 Å². The van der Waals surface area contributed by atoms with E-state index in [1.807, 2.05) is 0 Å². The number of carbonyl (C=O) groups is 2. The summed E-state index contributed by atoms with van der Waals surface area (Å²) in [4.78, 5) is 22.4. The molecule has 29 heavy (non-hydrogen) atoms. The summed E-state index contributed by atoms with van der Waals surface area (Å²) in [6.07, 6.45) is 1.57. The van der Waals surface area contributed by atoms with Gasteiger partial charge in [-0.25, -0.2) is 10.3 Å². The van der Waals surface area contributed by atoms with Gasteiger partial charge in [-0.1, -0.05) is 12.1 Å². The molecule has 0 bridgehead atoms. The summed E-state index contributed by atoms with van der Waals surface area (Å²) in [5.74, 6) is 0.462. The van der Waals surface area contributed by atoms with Gasteiger partial charge in [0.25, 0.3) is 0 Å². The Morgan fingerprint density at radius 3 is 2.76 bits per heavy atom. The predicted octanol–water partition coefficient (Wildman–Crippen LogP) is 2.50. The number of hydrogen-bond acceptors (Lipinski definition) is 8. The lowest BCUT2D eigenvalue weighted by molar-refractivity contribution is -0.131. The van der Waals surface area contributed by atoms with E-state index in [1.54, 1.807) is 12.1 Å². The Balaban J connectivity index is 0.000000168. The van der Waals surface area contributed by atoms with Gasteiger partial charge in [-0.3, -0.25) is 21.0 Å². The number of aromatic amines is 1. The van der Waals surface area contributed by atoms with Crippen LogP contribution in [0.15, 0.2) is 29.4 Å². The normalized spacial score (nSPS) is 19.0. The average Bonchev–Trinajstić information content (AvgIpc) is 3.15. The second-order valence-corrected chi connectivity index (χ2v) is 6.93. The van der Waals surface area contributed by atoms with Gasteiger partial charge in [-0.15, -0.1) is 5.11 Å². The van der Waals surface area contributed by atoms with Gasteiger partial charge in [0.15, 0.2) is 5.84 Å². The standard InChI is InChI=1S/C11H13NO4.C8H9N5/c1-7(12)15-11(14)9-5-3-4-6-10(9)16-8(2)13;9-8(11-10)7-5-2-3-1-4(3)6(5)12-13-7/h3-7H,12H2,1-2H3;3-4,9-10H,1-2H2,(H,12,13)/t;3-,4-/m.1/s1. The Hall–Kier alpha value is -3.40. The van der Waals surface area contributed by atoms with Crippen LogP contribution in [0.4, 0.5) is 0 Å². The smallest absolute Gasteiger partial charge is 0.343 e. The van der Waals surface area contributed by atoms with Crippen molar-refractivity contribution in [2.24, 2.45) is 16.8 Å². The van der Waals surface area contributed by atoms with Gasteiger partial charge >= 0.3 is 11.9 Å². The molecule has 152 valence electrons. The molecule has 1 heterocycles. The molecule has 10 nitrogen and oxygen atoms in total. The number of rotatable bonds is 4. The third-order valence-corrected chi connectivity index (χ3v) is 4.65. The molecule has 1 aromatic heterocycles. The Morgan fingerprint density at radius 1 is 1.38 bits per heavy atom. The number of fused-ring (bicyclic) bond motifs is 3. The molecule has 0 radical (unpaired) electrons. The van der Waals surface area contributed by atoms with Crippen molar-refractivity contribution < 1.29 is 19.1 Å². The highest BCUT2D eigenvalue weighted by molar-refractivity contribution is 5.96. The molecule has 0 spiro atoms. The van der Waals surface area contributed by atoms with E-state index in [0.29, 0.717) is 11.6 Å². The van der Waals surface area contributed by atoms with Crippen LogP contribution in [0.1, 0.15) is 53.5 Å². The first-order valence-electron chi connectivity index (χ1n) is 9.09. The van der Waals surface area contributed by atoms with Crippen LogP contribution in [0.5, 0.6) is 5.75 Å².